The van der Waals surface area contributed by atoms with Crippen LogP contribution in [0.25, 0.3) is 0 Å². The summed E-state index contributed by atoms with van der Waals surface area (Å²) in [7, 11) is 1.21. The van der Waals surface area contributed by atoms with Crippen molar-refractivity contribution in [3.63, 3.8) is 0 Å². The van der Waals surface area contributed by atoms with E-state index in [1.54, 1.807) is 0 Å². The molecule has 10 nitrogen and oxygen atoms in total. The van der Waals surface area contributed by atoms with Crippen molar-refractivity contribution < 1.29 is 32.4 Å². The molecule has 0 saturated carbocycles. The second kappa shape index (κ2) is 9.01. The fourth-order valence-corrected chi connectivity index (χ4v) is 2.59. The molecule has 2 aromatic heterocycles. The first kappa shape index (κ1) is 22.7. The summed E-state index contributed by atoms with van der Waals surface area (Å²) >= 11 is 5.83. The number of nitrogens with zero attached hydrogens (tertiary/aromatic N) is 4. The van der Waals surface area contributed by atoms with Gasteiger partial charge in [0, 0.05) is 6.20 Å². The third-order valence-corrected chi connectivity index (χ3v) is 4.15. The van der Waals surface area contributed by atoms with Gasteiger partial charge in [-0.05, 0) is 30.3 Å². The van der Waals surface area contributed by atoms with Gasteiger partial charge in [-0.25, -0.2) is 14.8 Å². The molecule has 0 saturated heterocycles. The van der Waals surface area contributed by atoms with Gasteiger partial charge in [0.25, 0.3) is 0 Å². The van der Waals surface area contributed by atoms with E-state index in [-0.39, 0.29) is 17.1 Å². The van der Waals surface area contributed by atoms with E-state index in [4.69, 9.17) is 16.3 Å². The maximum atomic E-state index is 12.8. The summed E-state index contributed by atoms with van der Waals surface area (Å²) in [6.07, 6.45) is -3.21. The fraction of sp³-hybridized carbons (Fsp3) is 0.111. The van der Waals surface area contributed by atoms with Gasteiger partial charge in [0.15, 0.2) is 5.82 Å². The first-order valence-electron chi connectivity index (χ1n) is 8.45. The summed E-state index contributed by atoms with van der Waals surface area (Å²) in [6.45, 7) is 0. The molecule has 3 rings (SSSR count). The Morgan fingerprint density at radius 2 is 1.84 bits per heavy atom. The molecule has 0 unspecified atom stereocenters. The number of aromatic nitrogens is 3. The molecule has 0 spiro atoms. The molecule has 3 aromatic rings. The zero-order valence-corrected chi connectivity index (χ0v) is 16.6. The summed E-state index contributed by atoms with van der Waals surface area (Å²) in [5.74, 6) is -1.66. The van der Waals surface area contributed by atoms with Crippen LogP contribution in [0.15, 0.2) is 42.9 Å². The number of pyridine rings is 1. The number of anilines is 2. The normalized spacial score (nSPS) is 11.0. The maximum absolute atomic E-state index is 12.8. The standard InChI is InChI=1S/C18H11ClF3N5O5/c1-31-17(28)9-2-4-11(5-3-9)32-16-13(27(29)30)15(24-8-25-16)26-14-12(19)6-10(7-23-14)18(20,21)22/h2-8H,1H3,(H,23,24,25,26). The molecule has 0 aliphatic rings. The summed E-state index contributed by atoms with van der Waals surface area (Å²) in [4.78, 5) is 33.3. The number of hydrogen-bond acceptors (Lipinski definition) is 9. The predicted molar refractivity (Wildman–Crippen MR) is 104 cm³/mol. The first-order valence-corrected chi connectivity index (χ1v) is 8.83. The molecule has 166 valence electrons. The van der Waals surface area contributed by atoms with Crippen LogP contribution in [0.5, 0.6) is 11.6 Å². The van der Waals surface area contributed by atoms with Gasteiger partial charge in [-0.3, -0.25) is 10.1 Å². The lowest BCUT2D eigenvalue weighted by Crippen LogP contribution is -2.08. The largest absolute Gasteiger partial charge is 0.465 e. The minimum atomic E-state index is -4.67. The number of benzene rings is 1. The number of methoxy groups -OCH3 is 1. The van der Waals surface area contributed by atoms with Gasteiger partial charge in [-0.15, -0.1) is 0 Å². The zero-order chi connectivity index (χ0) is 23.5. The topological polar surface area (TPSA) is 129 Å². The van der Waals surface area contributed by atoms with Crippen molar-refractivity contribution in [2.24, 2.45) is 0 Å². The fourth-order valence-electron chi connectivity index (χ4n) is 2.38. The summed E-state index contributed by atoms with van der Waals surface area (Å²) < 4.78 is 48.3. The Morgan fingerprint density at radius 1 is 1.16 bits per heavy atom. The summed E-state index contributed by atoms with van der Waals surface area (Å²) in [5, 5.41) is 13.6. The van der Waals surface area contributed by atoms with Gasteiger partial charge in [0.05, 0.1) is 28.2 Å². The van der Waals surface area contributed by atoms with Gasteiger partial charge in [-0.2, -0.15) is 18.2 Å². The number of nitro groups is 1. The maximum Gasteiger partial charge on any atom is 0.417 e. The Bertz CT molecular complexity index is 1170. The van der Waals surface area contributed by atoms with Crippen molar-refractivity contribution in [3.05, 3.63) is 69.1 Å². The molecule has 0 aliphatic heterocycles. The average Bonchev–Trinajstić information content (AvgIpc) is 2.74. The van der Waals surface area contributed by atoms with Crippen LogP contribution >= 0.6 is 11.6 Å². The minimum Gasteiger partial charge on any atom is -0.465 e. The quantitative estimate of drug-likeness (QED) is 0.308. The van der Waals surface area contributed by atoms with Crippen LogP contribution in [0.3, 0.4) is 0 Å². The molecule has 0 radical (unpaired) electrons. The van der Waals surface area contributed by atoms with Crippen LogP contribution in [-0.2, 0) is 10.9 Å². The van der Waals surface area contributed by atoms with Gasteiger partial charge in [-0.1, -0.05) is 11.6 Å². The third-order valence-electron chi connectivity index (χ3n) is 3.87. The molecule has 0 fully saturated rings. The monoisotopic (exact) mass is 469 g/mol. The second-order valence-corrected chi connectivity index (χ2v) is 6.34. The lowest BCUT2D eigenvalue weighted by Gasteiger charge is -2.11. The number of rotatable bonds is 6. The van der Waals surface area contributed by atoms with Crippen molar-refractivity contribution in [1.29, 1.82) is 0 Å². The Labute approximate surface area is 182 Å². The van der Waals surface area contributed by atoms with E-state index in [2.05, 4.69) is 25.0 Å². The molecule has 0 atom stereocenters. The number of carbonyl (C=O) groups is 1. The molecule has 0 aliphatic carbocycles. The lowest BCUT2D eigenvalue weighted by atomic mass is 10.2. The SMILES string of the molecule is COC(=O)c1ccc(Oc2ncnc(Nc3ncc(C(F)(F)F)cc3Cl)c2[N+](=O)[O-])cc1. The van der Waals surface area contributed by atoms with E-state index in [0.717, 1.165) is 6.33 Å². The Hall–Kier alpha value is -4.00. The Kier molecular flexibility index (Phi) is 6.39. The van der Waals surface area contributed by atoms with Crippen LogP contribution in [0.4, 0.5) is 30.5 Å². The van der Waals surface area contributed by atoms with Gasteiger partial charge < -0.3 is 14.8 Å². The van der Waals surface area contributed by atoms with Crippen molar-refractivity contribution in [2.45, 2.75) is 6.18 Å². The van der Waals surface area contributed by atoms with Crippen LogP contribution in [0.1, 0.15) is 15.9 Å². The third kappa shape index (κ3) is 5.00. The van der Waals surface area contributed by atoms with Crippen LogP contribution in [0.2, 0.25) is 5.02 Å². The Balaban J connectivity index is 1.92. The molecule has 0 bridgehead atoms. The van der Waals surface area contributed by atoms with Crippen LogP contribution in [0, 0.1) is 10.1 Å². The van der Waals surface area contributed by atoms with Crippen molar-refractivity contribution in [2.75, 3.05) is 12.4 Å². The van der Waals surface area contributed by atoms with Crippen molar-refractivity contribution in [3.8, 4) is 11.6 Å². The molecule has 32 heavy (non-hydrogen) atoms. The van der Waals surface area contributed by atoms with E-state index >= 15 is 0 Å². The second-order valence-electron chi connectivity index (χ2n) is 5.93. The van der Waals surface area contributed by atoms with Gasteiger partial charge in [0.2, 0.25) is 5.82 Å². The zero-order valence-electron chi connectivity index (χ0n) is 15.9. The predicted octanol–water partition coefficient (Wildman–Crippen LogP) is 4.77. The lowest BCUT2D eigenvalue weighted by molar-refractivity contribution is -0.385. The number of hydrogen-bond donors (Lipinski definition) is 1. The Morgan fingerprint density at radius 3 is 2.41 bits per heavy atom. The number of alkyl halides is 3. The van der Waals surface area contributed by atoms with Gasteiger partial charge >= 0.3 is 23.7 Å². The van der Waals surface area contributed by atoms with E-state index in [9.17, 15) is 28.1 Å². The number of ether oxygens (including phenoxy) is 2. The molecule has 14 heteroatoms. The van der Waals surface area contributed by atoms with E-state index in [1.165, 1.54) is 31.4 Å². The van der Waals surface area contributed by atoms with E-state index in [0.29, 0.717) is 12.3 Å². The summed E-state index contributed by atoms with van der Waals surface area (Å²) in [5.41, 5.74) is -1.59. The van der Waals surface area contributed by atoms with E-state index in [1.807, 2.05) is 0 Å². The van der Waals surface area contributed by atoms with Crippen molar-refractivity contribution >= 4 is 34.9 Å². The van der Waals surface area contributed by atoms with Crippen LogP contribution in [-0.4, -0.2) is 33.0 Å². The molecule has 2 heterocycles. The number of halogens is 4. The average molecular weight is 470 g/mol. The molecule has 1 N–H and O–H groups in total. The smallest absolute Gasteiger partial charge is 0.417 e. The molecular formula is C18H11ClF3N5O5. The highest BCUT2D eigenvalue weighted by Gasteiger charge is 2.32. The van der Waals surface area contributed by atoms with Crippen molar-refractivity contribution in [1.82, 2.24) is 15.0 Å². The van der Waals surface area contributed by atoms with Crippen LogP contribution < -0.4 is 10.1 Å². The highest BCUT2D eigenvalue weighted by atomic mass is 35.5. The minimum absolute atomic E-state index is 0.107. The number of nitrogens with one attached hydrogen (secondary N) is 1. The first-order chi connectivity index (χ1) is 15.1. The van der Waals surface area contributed by atoms with Gasteiger partial charge in [0.1, 0.15) is 12.1 Å². The molecule has 0 amide bonds. The molecular weight excluding hydrogens is 459 g/mol. The highest BCUT2D eigenvalue weighted by molar-refractivity contribution is 6.33. The summed E-state index contributed by atoms with van der Waals surface area (Å²) in [6, 6.07) is 6.08. The van der Waals surface area contributed by atoms with E-state index < -0.39 is 45.0 Å². The highest BCUT2D eigenvalue weighted by Crippen LogP contribution is 2.37. The number of carbonyl (C=O) groups excluding carboxylic acids is 1. The molecule has 1 aromatic carbocycles. The number of esters is 1.